The summed E-state index contributed by atoms with van der Waals surface area (Å²) in [6.45, 7) is 3.72. The number of carbonyl (C=O) groups is 2. The van der Waals surface area contributed by atoms with E-state index in [9.17, 15) is 14.0 Å². The van der Waals surface area contributed by atoms with Gasteiger partial charge in [0.15, 0.2) is 0 Å². The Labute approximate surface area is 116 Å². The van der Waals surface area contributed by atoms with Gasteiger partial charge >= 0.3 is 5.97 Å². The number of benzene rings is 1. The van der Waals surface area contributed by atoms with E-state index >= 15 is 0 Å². The Bertz CT molecular complexity index is 525. The van der Waals surface area contributed by atoms with Gasteiger partial charge in [0.2, 0.25) is 0 Å². The molecular weight excluding hydrogens is 263 g/mol. The summed E-state index contributed by atoms with van der Waals surface area (Å²) in [5.41, 5.74) is 1.11. The minimum absolute atomic E-state index is 0.0129. The molecule has 1 saturated heterocycles. The molecule has 1 aromatic carbocycles. The van der Waals surface area contributed by atoms with Gasteiger partial charge in [0, 0.05) is 31.7 Å². The molecule has 1 aliphatic heterocycles. The van der Waals surface area contributed by atoms with Gasteiger partial charge in [0.25, 0.3) is 5.91 Å². The van der Waals surface area contributed by atoms with E-state index in [1.54, 1.807) is 22.8 Å². The number of halogens is 1. The number of aliphatic carboxylic acids is 1. The van der Waals surface area contributed by atoms with E-state index < -0.39 is 11.8 Å². The van der Waals surface area contributed by atoms with Crippen LogP contribution < -0.4 is 0 Å². The highest BCUT2D eigenvalue weighted by atomic mass is 19.1. The predicted octanol–water partition coefficient (Wildman–Crippen LogP) is 0.977. The maximum atomic E-state index is 13.2. The normalized spacial score (nSPS) is 16.2. The average molecular weight is 280 g/mol. The lowest BCUT2D eigenvalue weighted by atomic mass is 10.1. The zero-order chi connectivity index (χ0) is 14.7. The van der Waals surface area contributed by atoms with E-state index in [1.165, 1.54) is 12.1 Å². The van der Waals surface area contributed by atoms with Crippen LogP contribution in [0.1, 0.15) is 15.9 Å². The Morgan fingerprint density at radius 3 is 2.50 bits per heavy atom. The van der Waals surface area contributed by atoms with Crippen LogP contribution in [0.15, 0.2) is 18.2 Å². The van der Waals surface area contributed by atoms with E-state index in [0.29, 0.717) is 31.7 Å². The molecule has 5 nitrogen and oxygen atoms in total. The number of piperazine rings is 1. The molecule has 1 N–H and O–H groups in total. The lowest BCUT2D eigenvalue weighted by Crippen LogP contribution is -2.50. The zero-order valence-corrected chi connectivity index (χ0v) is 11.3. The maximum Gasteiger partial charge on any atom is 0.317 e. The standard InChI is InChI=1S/C14H17FN2O3/c1-10-2-3-11(15)8-12(10)14(20)17-6-4-16(5-7-17)9-13(18)19/h2-3,8H,4-7,9H2,1H3,(H,18,19). The Kier molecular flexibility index (Phi) is 4.34. The molecule has 0 saturated carbocycles. The third kappa shape index (κ3) is 3.33. The molecular formula is C14H17FN2O3. The second kappa shape index (κ2) is 6.00. The molecule has 0 unspecified atom stereocenters. The highest BCUT2D eigenvalue weighted by Gasteiger charge is 2.24. The van der Waals surface area contributed by atoms with Crippen molar-refractivity contribution in [2.24, 2.45) is 0 Å². The molecule has 0 radical (unpaired) electrons. The molecule has 20 heavy (non-hydrogen) atoms. The van der Waals surface area contributed by atoms with E-state index in [-0.39, 0.29) is 12.5 Å². The number of carbonyl (C=O) groups excluding carboxylic acids is 1. The summed E-state index contributed by atoms with van der Waals surface area (Å²) in [4.78, 5) is 26.4. The number of aryl methyl sites for hydroxylation is 1. The first-order valence-electron chi connectivity index (χ1n) is 6.47. The molecule has 0 aromatic heterocycles. The number of nitrogens with zero attached hydrogens (tertiary/aromatic N) is 2. The SMILES string of the molecule is Cc1ccc(F)cc1C(=O)N1CCN(CC(=O)O)CC1. The fraction of sp³-hybridized carbons (Fsp3) is 0.429. The zero-order valence-electron chi connectivity index (χ0n) is 11.3. The molecule has 1 fully saturated rings. The van der Waals surface area contributed by atoms with Gasteiger partial charge in [-0.05, 0) is 24.6 Å². The molecule has 1 heterocycles. The number of carboxylic acid groups (broad SMARTS) is 1. The minimum atomic E-state index is -0.870. The molecule has 6 heteroatoms. The third-order valence-electron chi connectivity index (χ3n) is 3.45. The van der Waals surface area contributed by atoms with Gasteiger partial charge in [-0.25, -0.2) is 4.39 Å². The fourth-order valence-electron chi connectivity index (χ4n) is 2.30. The summed E-state index contributed by atoms with van der Waals surface area (Å²) in [6, 6.07) is 4.17. The van der Waals surface area contributed by atoms with Crippen molar-refractivity contribution in [1.82, 2.24) is 9.80 Å². The van der Waals surface area contributed by atoms with Crippen molar-refractivity contribution in [3.05, 3.63) is 35.1 Å². The molecule has 108 valence electrons. The van der Waals surface area contributed by atoms with Crippen molar-refractivity contribution in [3.63, 3.8) is 0 Å². The van der Waals surface area contributed by atoms with Crippen LogP contribution in [0.2, 0.25) is 0 Å². The molecule has 1 amide bonds. The van der Waals surface area contributed by atoms with Gasteiger partial charge in [-0.1, -0.05) is 6.07 Å². The first kappa shape index (κ1) is 14.5. The van der Waals surface area contributed by atoms with Crippen LogP contribution in [0.25, 0.3) is 0 Å². The van der Waals surface area contributed by atoms with Crippen molar-refractivity contribution in [3.8, 4) is 0 Å². The summed E-state index contributed by atoms with van der Waals surface area (Å²) >= 11 is 0. The van der Waals surface area contributed by atoms with Crippen LogP contribution in [-0.2, 0) is 4.79 Å². The van der Waals surface area contributed by atoms with Crippen molar-refractivity contribution in [2.75, 3.05) is 32.7 Å². The van der Waals surface area contributed by atoms with Crippen molar-refractivity contribution < 1.29 is 19.1 Å². The molecule has 1 aromatic rings. The van der Waals surface area contributed by atoms with Gasteiger partial charge in [-0.3, -0.25) is 14.5 Å². The van der Waals surface area contributed by atoms with Gasteiger partial charge in [0.05, 0.1) is 6.54 Å². The molecule has 0 bridgehead atoms. The van der Waals surface area contributed by atoms with Gasteiger partial charge in [-0.2, -0.15) is 0 Å². The number of rotatable bonds is 3. The van der Waals surface area contributed by atoms with Crippen molar-refractivity contribution in [1.29, 1.82) is 0 Å². The quantitative estimate of drug-likeness (QED) is 0.896. The predicted molar refractivity (Wildman–Crippen MR) is 71.1 cm³/mol. The Hall–Kier alpha value is -1.95. The summed E-state index contributed by atoms with van der Waals surface area (Å²) in [7, 11) is 0. The lowest BCUT2D eigenvalue weighted by Gasteiger charge is -2.34. The second-order valence-corrected chi connectivity index (χ2v) is 4.92. The third-order valence-corrected chi connectivity index (χ3v) is 3.45. The molecule has 0 atom stereocenters. The van der Waals surface area contributed by atoms with Crippen LogP contribution in [-0.4, -0.2) is 59.5 Å². The van der Waals surface area contributed by atoms with Crippen LogP contribution in [0, 0.1) is 12.7 Å². The number of carboxylic acids is 1. The number of amides is 1. The van der Waals surface area contributed by atoms with Gasteiger partial charge in [0.1, 0.15) is 5.82 Å². The largest absolute Gasteiger partial charge is 0.480 e. The lowest BCUT2D eigenvalue weighted by molar-refractivity contribution is -0.138. The topological polar surface area (TPSA) is 60.9 Å². The van der Waals surface area contributed by atoms with Crippen molar-refractivity contribution >= 4 is 11.9 Å². The Balaban J connectivity index is 2.01. The van der Waals surface area contributed by atoms with Crippen LogP contribution >= 0.6 is 0 Å². The van der Waals surface area contributed by atoms with Crippen molar-refractivity contribution in [2.45, 2.75) is 6.92 Å². The monoisotopic (exact) mass is 280 g/mol. The molecule has 0 spiro atoms. The van der Waals surface area contributed by atoms with Crippen LogP contribution in [0.3, 0.4) is 0 Å². The number of hydrogen-bond donors (Lipinski definition) is 1. The van der Waals surface area contributed by atoms with E-state index in [2.05, 4.69) is 0 Å². The van der Waals surface area contributed by atoms with Gasteiger partial charge in [-0.15, -0.1) is 0 Å². The Morgan fingerprint density at radius 1 is 1.25 bits per heavy atom. The maximum absolute atomic E-state index is 13.2. The van der Waals surface area contributed by atoms with E-state index in [0.717, 1.165) is 5.56 Å². The highest BCUT2D eigenvalue weighted by Crippen LogP contribution is 2.14. The Morgan fingerprint density at radius 2 is 1.90 bits per heavy atom. The molecule has 0 aliphatic carbocycles. The van der Waals surface area contributed by atoms with Gasteiger partial charge < -0.3 is 10.0 Å². The van der Waals surface area contributed by atoms with Crippen LogP contribution in [0.4, 0.5) is 4.39 Å². The molecule has 2 rings (SSSR count). The number of hydrogen-bond acceptors (Lipinski definition) is 3. The summed E-state index contributed by atoms with van der Waals surface area (Å²) < 4.78 is 13.2. The summed E-state index contributed by atoms with van der Waals surface area (Å²) in [5, 5.41) is 8.72. The second-order valence-electron chi connectivity index (χ2n) is 4.92. The van der Waals surface area contributed by atoms with E-state index in [1.807, 2.05) is 0 Å². The first-order valence-corrected chi connectivity index (χ1v) is 6.47. The smallest absolute Gasteiger partial charge is 0.317 e. The molecule has 1 aliphatic rings. The fourth-order valence-corrected chi connectivity index (χ4v) is 2.30. The average Bonchev–Trinajstić information content (AvgIpc) is 2.41. The summed E-state index contributed by atoms with van der Waals surface area (Å²) in [5.74, 6) is -1.49. The minimum Gasteiger partial charge on any atom is -0.480 e. The van der Waals surface area contributed by atoms with Crippen LogP contribution in [0.5, 0.6) is 0 Å². The summed E-state index contributed by atoms with van der Waals surface area (Å²) in [6.07, 6.45) is 0. The highest BCUT2D eigenvalue weighted by molar-refractivity contribution is 5.95. The first-order chi connectivity index (χ1) is 9.47. The van der Waals surface area contributed by atoms with E-state index in [4.69, 9.17) is 5.11 Å².